The third kappa shape index (κ3) is 3.47. The Labute approximate surface area is 183 Å². The molecule has 0 aliphatic carbocycles. The van der Waals surface area contributed by atoms with Gasteiger partial charge in [0.2, 0.25) is 11.8 Å². The van der Waals surface area contributed by atoms with Crippen molar-refractivity contribution in [2.45, 2.75) is 31.8 Å². The SMILES string of the molecule is C[C@H]1CC(=O)Nc2ccccc2N1C(=O)CN1CCc2sccc2[C@H]1c1cccs1. The molecule has 2 aliphatic rings. The number of anilines is 2. The maximum atomic E-state index is 13.6. The van der Waals surface area contributed by atoms with Crippen molar-refractivity contribution < 1.29 is 9.59 Å². The minimum Gasteiger partial charge on any atom is -0.324 e. The van der Waals surface area contributed by atoms with Crippen LogP contribution in [0.25, 0.3) is 0 Å². The first-order valence-electron chi connectivity index (χ1n) is 10.2. The summed E-state index contributed by atoms with van der Waals surface area (Å²) in [6, 6.07) is 13.9. The molecule has 4 heterocycles. The van der Waals surface area contributed by atoms with Gasteiger partial charge < -0.3 is 10.2 Å². The molecule has 0 spiro atoms. The van der Waals surface area contributed by atoms with Gasteiger partial charge in [-0.1, -0.05) is 18.2 Å². The van der Waals surface area contributed by atoms with E-state index in [1.165, 1.54) is 15.3 Å². The van der Waals surface area contributed by atoms with E-state index in [1.807, 2.05) is 36.1 Å². The molecule has 30 heavy (non-hydrogen) atoms. The second kappa shape index (κ2) is 7.98. The maximum absolute atomic E-state index is 13.6. The van der Waals surface area contributed by atoms with Crippen molar-refractivity contribution >= 4 is 45.9 Å². The lowest BCUT2D eigenvalue weighted by atomic mass is 9.98. The van der Waals surface area contributed by atoms with Gasteiger partial charge in [0.1, 0.15) is 0 Å². The van der Waals surface area contributed by atoms with Crippen LogP contribution >= 0.6 is 22.7 Å². The molecule has 1 aromatic carbocycles. The van der Waals surface area contributed by atoms with Crippen LogP contribution < -0.4 is 10.2 Å². The average molecular weight is 438 g/mol. The predicted octanol–water partition coefficient (Wildman–Crippen LogP) is 4.52. The molecule has 0 radical (unpaired) electrons. The summed E-state index contributed by atoms with van der Waals surface area (Å²) in [5, 5.41) is 7.19. The first-order valence-corrected chi connectivity index (χ1v) is 11.9. The van der Waals surface area contributed by atoms with E-state index in [2.05, 4.69) is 39.2 Å². The number of hydrogen-bond donors (Lipinski definition) is 1. The van der Waals surface area contributed by atoms with Gasteiger partial charge in [-0.05, 0) is 53.9 Å². The molecule has 5 rings (SSSR count). The van der Waals surface area contributed by atoms with Crippen LogP contribution in [-0.2, 0) is 16.0 Å². The summed E-state index contributed by atoms with van der Waals surface area (Å²) in [5.41, 5.74) is 2.80. The van der Waals surface area contributed by atoms with Crippen LogP contribution in [0, 0.1) is 0 Å². The third-order valence-corrected chi connectivity index (χ3v) is 7.77. The van der Waals surface area contributed by atoms with Crippen molar-refractivity contribution in [3.8, 4) is 0 Å². The second-order valence-electron chi connectivity index (χ2n) is 7.82. The largest absolute Gasteiger partial charge is 0.324 e. The Kier molecular flexibility index (Phi) is 5.18. The van der Waals surface area contributed by atoms with Crippen molar-refractivity contribution in [1.29, 1.82) is 0 Å². The number of nitrogens with one attached hydrogen (secondary N) is 1. The molecular weight excluding hydrogens is 414 g/mol. The Morgan fingerprint density at radius 2 is 2.00 bits per heavy atom. The summed E-state index contributed by atoms with van der Waals surface area (Å²) in [6.45, 7) is 3.12. The summed E-state index contributed by atoms with van der Waals surface area (Å²) >= 11 is 3.55. The molecule has 0 unspecified atom stereocenters. The molecule has 2 aromatic heterocycles. The molecule has 2 aliphatic heterocycles. The number of carbonyl (C=O) groups excluding carboxylic acids is 2. The highest BCUT2D eigenvalue weighted by Crippen LogP contribution is 2.40. The van der Waals surface area contributed by atoms with Crippen LogP contribution in [0.3, 0.4) is 0 Å². The van der Waals surface area contributed by atoms with Gasteiger partial charge in [-0.15, -0.1) is 22.7 Å². The van der Waals surface area contributed by atoms with Crippen molar-refractivity contribution in [1.82, 2.24) is 4.90 Å². The Hall–Kier alpha value is -2.48. The topological polar surface area (TPSA) is 52.7 Å². The molecule has 5 nitrogen and oxygen atoms in total. The van der Waals surface area contributed by atoms with Crippen molar-refractivity contribution in [3.63, 3.8) is 0 Å². The van der Waals surface area contributed by atoms with E-state index in [0.29, 0.717) is 18.7 Å². The van der Waals surface area contributed by atoms with E-state index in [-0.39, 0.29) is 23.9 Å². The lowest BCUT2D eigenvalue weighted by Gasteiger charge is -2.37. The van der Waals surface area contributed by atoms with E-state index in [0.717, 1.165) is 18.7 Å². The quantitative estimate of drug-likeness (QED) is 0.655. The molecule has 2 atom stereocenters. The Morgan fingerprint density at radius 1 is 1.13 bits per heavy atom. The number of carbonyl (C=O) groups is 2. The number of nitrogens with zero attached hydrogens (tertiary/aromatic N) is 2. The molecule has 0 bridgehead atoms. The number of hydrogen-bond acceptors (Lipinski definition) is 5. The van der Waals surface area contributed by atoms with Gasteiger partial charge in [-0.2, -0.15) is 0 Å². The second-order valence-corrected chi connectivity index (χ2v) is 9.80. The van der Waals surface area contributed by atoms with Gasteiger partial charge in [0.05, 0.1) is 24.0 Å². The van der Waals surface area contributed by atoms with Gasteiger partial charge in [-0.3, -0.25) is 14.5 Å². The van der Waals surface area contributed by atoms with Crippen LogP contribution in [0.5, 0.6) is 0 Å². The first-order chi connectivity index (χ1) is 14.6. The summed E-state index contributed by atoms with van der Waals surface area (Å²) in [7, 11) is 0. The van der Waals surface area contributed by atoms with Crippen LogP contribution in [0.15, 0.2) is 53.2 Å². The summed E-state index contributed by atoms with van der Waals surface area (Å²) in [5.74, 6) is -0.0192. The first kappa shape index (κ1) is 19.5. The molecule has 0 fully saturated rings. The third-order valence-electron chi connectivity index (χ3n) is 5.84. The number of thiophene rings is 2. The van der Waals surface area contributed by atoms with Gasteiger partial charge in [0, 0.05) is 28.8 Å². The van der Waals surface area contributed by atoms with E-state index >= 15 is 0 Å². The minimum absolute atomic E-state index is 0.0340. The van der Waals surface area contributed by atoms with Gasteiger partial charge >= 0.3 is 0 Å². The van der Waals surface area contributed by atoms with Crippen molar-refractivity contribution in [2.75, 3.05) is 23.3 Å². The molecule has 3 aromatic rings. The van der Waals surface area contributed by atoms with E-state index in [1.54, 1.807) is 22.7 Å². The minimum atomic E-state index is -0.192. The van der Waals surface area contributed by atoms with Crippen LogP contribution in [0.2, 0.25) is 0 Å². The zero-order valence-electron chi connectivity index (χ0n) is 16.7. The zero-order valence-corrected chi connectivity index (χ0v) is 18.3. The Bertz CT molecular complexity index is 1080. The van der Waals surface area contributed by atoms with Crippen molar-refractivity contribution in [2.24, 2.45) is 0 Å². The van der Waals surface area contributed by atoms with Crippen LogP contribution in [-0.4, -0.2) is 35.8 Å². The number of benzene rings is 1. The molecule has 0 saturated heterocycles. The molecule has 2 amide bonds. The summed E-state index contributed by atoms with van der Waals surface area (Å²) < 4.78 is 0. The smallest absolute Gasteiger partial charge is 0.241 e. The highest BCUT2D eigenvalue weighted by atomic mass is 32.1. The van der Waals surface area contributed by atoms with Gasteiger partial charge in [0.15, 0.2) is 0 Å². The average Bonchev–Trinajstić information content (AvgIpc) is 3.38. The van der Waals surface area contributed by atoms with Gasteiger partial charge in [-0.25, -0.2) is 0 Å². The molecule has 7 heteroatoms. The Morgan fingerprint density at radius 3 is 2.83 bits per heavy atom. The van der Waals surface area contributed by atoms with E-state index < -0.39 is 0 Å². The zero-order chi connectivity index (χ0) is 20.7. The molecular formula is C23H23N3O2S2. The number of amides is 2. The van der Waals surface area contributed by atoms with Gasteiger partial charge in [0.25, 0.3) is 0 Å². The predicted molar refractivity (Wildman–Crippen MR) is 122 cm³/mol. The fourth-order valence-corrected chi connectivity index (χ4v) is 6.32. The van der Waals surface area contributed by atoms with Crippen LogP contribution in [0.1, 0.15) is 34.7 Å². The fourth-order valence-electron chi connectivity index (χ4n) is 4.54. The number of rotatable bonds is 3. The number of para-hydroxylation sites is 2. The van der Waals surface area contributed by atoms with E-state index in [4.69, 9.17) is 0 Å². The highest BCUT2D eigenvalue weighted by Gasteiger charge is 2.35. The molecule has 1 N–H and O–H groups in total. The van der Waals surface area contributed by atoms with Crippen molar-refractivity contribution in [3.05, 3.63) is 68.5 Å². The molecule has 154 valence electrons. The monoisotopic (exact) mass is 437 g/mol. The lowest BCUT2D eigenvalue weighted by Crippen LogP contribution is -2.47. The number of fused-ring (bicyclic) bond motifs is 2. The van der Waals surface area contributed by atoms with E-state index in [9.17, 15) is 9.59 Å². The molecule has 0 saturated carbocycles. The summed E-state index contributed by atoms with van der Waals surface area (Å²) in [6.07, 6.45) is 1.26. The lowest BCUT2D eigenvalue weighted by molar-refractivity contribution is -0.120. The highest BCUT2D eigenvalue weighted by molar-refractivity contribution is 7.10. The standard InChI is InChI=1S/C23H23N3O2S2/c1-15-13-21(27)24-17-5-2-3-6-18(17)26(15)22(28)14-25-10-8-19-16(9-12-30-19)23(25)20-7-4-11-29-20/h2-7,9,11-12,15,23H,8,10,13-14H2,1H3,(H,24,27)/t15-,23-/m0/s1. The Balaban J connectivity index is 1.47. The summed E-state index contributed by atoms with van der Waals surface area (Å²) in [4.78, 5) is 32.7. The maximum Gasteiger partial charge on any atom is 0.241 e. The van der Waals surface area contributed by atoms with Crippen LogP contribution in [0.4, 0.5) is 11.4 Å². The normalized spacial score (nSPS) is 21.5. The fraction of sp³-hybridized carbons (Fsp3) is 0.304.